The number of carbonyl (C=O) groups is 2. The summed E-state index contributed by atoms with van der Waals surface area (Å²) in [6.07, 6.45) is 0. The molecule has 1 N–H and O–H groups in total. The summed E-state index contributed by atoms with van der Waals surface area (Å²) in [6, 6.07) is 17.2. The molecule has 3 aromatic rings. The quantitative estimate of drug-likeness (QED) is 0.643. The molecule has 0 saturated heterocycles. The van der Waals surface area contributed by atoms with Crippen molar-refractivity contribution < 1.29 is 9.59 Å². The molecular formula is C24H28N4O2. The second-order valence-corrected chi connectivity index (χ2v) is 7.47. The Morgan fingerprint density at radius 2 is 1.77 bits per heavy atom. The number of nitrogens with zero attached hydrogens (tertiary/aromatic N) is 3. The molecular weight excluding hydrogens is 376 g/mol. The molecule has 2 aromatic carbocycles. The van der Waals surface area contributed by atoms with Crippen LogP contribution in [0.3, 0.4) is 0 Å². The number of rotatable bonds is 7. The second kappa shape index (κ2) is 9.39. The molecule has 0 bridgehead atoms. The fraction of sp³-hybridized carbons (Fsp3) is 0.292. The highest BCUT2D eigenvalue weighted by Crippen LogP contribution is 2.16. The van der Waals surface area contributed by atoms with Crippen LogP contribution in [0.25, 0.3) is 0 Å². The highest BCUT2D eigenvalue weighted by Gasteiger charge is 2.11. The summed E-state index contributed by atoms with van der Waals surface area (Å²) in [5.74, 6) is -0.132. The van der Waals surface area contributed by atoms with E-state index in [0.717, 1.165) is 22.5 Å². The molecule has 30 heavy (non-hydrogen) atoms. The van der Waals surface area contributed by atoms with Crippen molar-refractivity contribution >= 4 is 17.5 Å². The fourth-order valence-corrected chi connectivity index (χ4v) is 3.44. The lowest BCUT2D eigenvalue weighted by molar-refractivity contribution is -0.129. The van der Waals surface area contributed by atoms with Gasteiger partial charge in [-0.2, -0.15) is 5.10 Å². The molecule has 0 aliphatic heterocycles. The van der Waals surface area contributed by atoms with Crippen LogP contribution in [0.5, 0.6) is 0 Å². The smallest absolute Gasteiger partial charge is 0.255 e. The number of nitrogens with one attached hydrogen (secondary N) is 1. The highest BCUT2D eigenvalue weighted by molar-refractivity contribution is 6.04. The lowest BCUT2D eigenvalue weighted by Crippen LogP contribution is -2.27. The first kappa shape index (κ1) is 21.3. The van der Waals surface area contributed by atoms with Gasteiger partial charge in [0.25, 0.3) is 5.91 Å². The summed E-state index contributed by atoms with van der Waals surface area (Å²) < 4.78 is 1.93. The van der Waals surface area contributed by atoms with E-state index in [-0.39, 0.29) is 11.8 Å². The average Bonchev–Trinajstić information content (AvgIpc) is 3.03. The van der Waals surface area contributed by atoms with Crippen LogP contribution in [0.1, 0.15) is 46.7 Å². The number of aryl methyl sites for hydroxylation is 2. The number of benzene rings is 2. The number of carbonyl (C=O) groups excluding carboxylic acids is 2. The van der Waals surface area contributed by atoms with Crippen LogP contribution >= 0.6 is 0 Å². The Morgan fingerprint density at radius 1 is 1.03 bits per heavy atom. The summed E-state index contributed by atoms with van der Waals surface area (Å²) in [6.45, 7) is 9.29. The summed E-state index contributed by atoms with van der Waals surface area (Å²) >= 11 is 0. The van der Waals surface area contributed by atoms with Crippen LogP contribution in [0, 0.1) is 13.8 Å². The number of hydrogen-bond acceptors (Lipinski definition) is 3. The molecule has 0 spiro atoms. The van der Waals surface area contributed by atoms with E-state index < -0.39 is 0 Å². The molecule has 0 fully saturated rings. The minimum atomic E-state index is -0.165. The molecule has 0 unspecified atom stereocenters. The summed E-state index contributed by atoms with van der Waals surface area (Å²) in [7, 11) is 0. The maximum atomic E-state index is 12.8. The highest BCUT2D eigenvalue weighted by atomic mass is 16.2. The molecule has 0 aliphatic rings. The zero-order valence-electron chi connectivity index (χ0n) is 18.0. The van der Waals surface area contributed by atoms with Crippen molar-refractivity contribution in [3.63, 3.8) is 0 Å². The van der Waals surface area contributed by atoms with E-state index in [0.29, 0.717) is 30.9 Å². The van der Waals surface area contributed by atoms with E-state index in [4.69, 9.17) is 0 Å². The predicted molar refractivity (Wildman–Crippen MR) is 118 cm³/mol. The Hall–Kier alpha value is -3.41. The van der Waals surface area contributed by atoms with Crippen LogP contribution in [0.15, 0.2) is 54.6 Å². The Labute approximate surface area is 177 Å². The molecule has 6 heteroatoms. The van der Waals surface area contributed by atoms with Gasteiger partial charge >= 0.3 is 0 Å². The van der Waals surface area contributed by atoms with Crippen LogP contribution in [-0.2, 0) is 17.9 Å². The molecule has 0 atom stereocenters. The normalized spacial score (nSPS) is 10.7. The maximum Gasteiger partial charge on any atom is 0.255 e. The first-order chi connectivity index (χ1) is 14.4. The van der Waals surface area contributed by atoms with Gasteiger partial charge in [-0.3, -0.25) is 14.3 Å². The summed E-state index contributed by atoms with van der Waals surface area (Å²) in [4.78, 5) is 26.2. The SMILES string of the molecule is CCN(Cc1cccc(NC(=O)c2cccc(Cn3nc(C)cc3C)c2)c1)C(C)=O. The second-order valence-electron chi connectivity index (χ2n) is 7.47. The molecule has 0 saturated carbocycles. The molecule has 0 aliphatic carbocycles. The summed E-state index contributed by atoms with van der Waals surface area (Å²) in [5.41, 5.74) is 5.36. The lowest BCUT2D eigenvalue weighted by Gasteiger charge is -2.19. The van der Waals surface area contributed by atoms with E-state index >= 15 is 0 Å². The first-order valence-electron chi connectivity index (χ1n) is 10.1. The third kappa shape index (κ3) is 5.35. The number of anilines is 1. The van der Waals surface area contributed by atoms with Crippen molar-refractivity contribution in [1.29, 1.82) is 0 Å². The largest absolute Gasteiger partial charge is 0.339 e. The molecule has 0 radical (unpaired) electrons. The molecule has 156 valence electrons. The van der Waals surface area contributed by atoms with Gasteiger partial charge in [-0.05, 0) is 62.2 Å². The zero-order valence-corrected chi connectivity index (χ0v) is 18.0. The summed E-state index contributed by atoms with van der Waals surface area (Å²) in [5, 5.41) is 7.45. The molecule has 2 amide bonds. The lowest BCUT2D eigenvalue weighted by atomic mass is 10.1. The van der Waals surface area contributed by atoms with E-state index in [1.165, 1.54) is 0 Å². The van der Waals surface area contributed by atoms with E-state index in [2.05, 4.69) is 10.4 Å². The minimum absolute atomic E-state index is 0.0337. The third-order valence-corrected chi connectivity index (χ3v) is 5.01. The topological polar surface area (TPSA) is 67.2 Å². The van der Waals surface area contributed by atoms with Crippen LogP contribution in [-0.4, -0.2) is 33.0 Å². The van der Waals surface area contributed by atoms with Gasteiger partial charge in [0.2, 0.25) is 5.91 Å². The van der Waals surface area contributed by atoms with Crippen molar-refractivity contribution in [1.82, 2.24) is 14.7 Å². The molecule has 6 nitrogen and oxygen atoms in total. The predicted octanol–water partition coefficient (Wildman–Crippen LogP) is 4.17. The van der Waals surface area contributed by atoms with Gasteiger partial charge in [0.15, 0.2) is 0 Å². The van der Waals surface area contributed by atoms with Gasteiger partial charge < -0.3 is 10.2 Å². The Bertz CT molecular complexity index is 1050. The first-order valence-corrected chi connectivity index (χ1v) is 10.1. The zero-order chi connectivity index (χ0) is 21.7. The Balaban J connectivity index is 1.71. The van der Waals surface area contributed by atoms with Crippen LogP contribution < -0.4 is 5.32 Å². The molecule has 1 aromatic heterocycles. The fourth-order valence-electron chi connectivity index (χ4n) is 3.44. The maximum absolute atomic E-state index is 12.8. The van der Waals surface area contributed by atoms with Gasteiger partial charge in [-0.25, -0.2) is 0 Å². The van der Waals surface area contributed by atoms with Gasteiger partial charge in [-0.15, -0.1) is 0 Å². The van der Waals surface area contributed by atoms with Crippen molar-refractivity contribution in [2.75, 3.05) is 11.9 Å². The monoisotopic (exact) mass is 404 g/mol. The van der Waals surface area contributed by atoms with Crippen molar-refractivity contribution in [3.8, 4) is 0 Å². The Morgan fingerprint density at radius 3 is 2.43 bits per heavy atom. The number of hydrogen-bond donors (Lipinski definition) is 1. The standard InChI is InChI=1S/C24H28N4O2/c1-5-27(19(4)29)15-21-9-7-11-23(14-21)25-24(30)22-10-6-8-20(13-22)16-28-18(3)12-17(2)26-28/h6-14H,5,15-16H2,1-4H3,(H,25,30). The van der Waals surface area contributed by atoms with Crippen molar-refractivity contribution in [2.24, 2.45) is 0 Å². The van der Waals surface area contributed by atoms with Gasteiger partial charge in [0.05, 0.1) is 12.2 Å². The van der Waals surface area contributed by atoms with E-state index in [1.54, 1.807) is 17.9 Å². The van der Waals surface area contributed by atoms with Gasteiger partial charge in [0.1, 0.15) is 0 Å². The van der Waals surface area contributed by atoms with Crippen LogP contribution in [0.2, 0.25) is 0 Å². The van der Waals surface area contributed by atoms with Gasteiger partial charge in [-0.1, -0.05) is 24.3 Å². The van der Waals surface area contributed by atoms with Crippen molar-refractivity contribution in [2.45, 2.75) is 40.8 Å². The van der Waals surface area contributed by atoms with Crippen LogP contribution in [0.4, 0.5) is 5.69 Å². The minimum Gasteiger partial charge on any atom is -0.339 e. The Kier molecular flexibility index (Phi) is 6.67. The number of amides is 2. The van der Waals surface area contributed by atoms with Crippen molar-refractivity contribution in [3.05, 3.63) is 82.7 Å². The average molecular weight is 405 g/mol. The van der Waals surface area contributed by atoms with Gasteiger partial charge in [0, 0.05) is 37.0 Å². The van der Waals surface area contributed by atoms with E-state index in [1.807, 2.05) is 74.0 Å². The molecule has 3 rings (SSSR count). The van der Waals surface area contributed by atoms with E-state index in [9.17, 15) is 9.59 Å². The number of aromatic nitrogens is 2. The molecule has 1 heterocycles. The third-order valence-electron chi connectivity index (χ3n) is 5.01.